The van der Waals surface area contributed by atoms with Crippen LogP contribution in [0.25, 0.3) is 0 Å². The van der Waals surface area contributed by atoms with Crippen molar-refractivity contribution in [1.82, 2.24) is 16.2 Å². The van der Waals surface area contributed by atoms with Gasteiger partial charge in [0.2, 0.25) is 0 Å². The van der Waals surface area contributed by atoms with Gasteiger partial charge in [0.05, 0.1) is 10.6 Å². The lowest BCUT2D eigenvalue weighted by Gasteiger charge is -2.11. The van der Waals surface area contributed by atoms with Gasteiger partial charge in [0.1, 0.15) is 0 Å². The summed E-state index contributed by atoms with van der Waals surface area (Å²) in [7, 11) is 0. The molecule has 0 saturated heterocycles. The molecule has 1 amide bonds. The highest BCUT2D eigenvalue weighted by molar-refractivity contribution is 7.80. The SMILES string of the molecule is O=C(NNC(=S)NC1CC1)c1ccccc1Cl. The number of hydrogen-bond donors (Lipinski definition) is 3. The number of hydrogen-bond acceptors (Lipinski definition) is 2. The van der Waals surface area contributed by atoms with E-state index in [1.807, 2.05) is 0 Å². The predicted octanol–water partition coefficient (Wildman–Crippen LogP) is 1.61. The molecular weight excluding hydrogens is 258 g/mol. The second-order valence-corrected chi connectivity index (χ2v) is 4.62. The summed E-state index contributed by atoms with van der Waals surface area (Å²) < 4.78 is 0. The third-order valence-electron chi connectivity index (χ3n) is 2.32. The molecule has 3 N–H and O–H groups in total. The Labute approximate surface area is 110 Å². The second kappa shape index (κ2) is 5.33. The molecular formula is C11H12ClN3OS. The topological polar surface area (TPSA) is 53.2 Å². The van der Waals surface area contributed by atoms with E-state index in [1.165, 1.54) is 0 Å². The van der Waals surface area contributed by atoms with Crippen LogP contribution in [0.1, 0.15) is 23.2 Å². The van der Waals surface area contributed by atoms with Crippen molar-refractivity contribution >= 4 is 34.8 Å². The first kappa shape index (κ1) is 12.1. The number of benzene rings is 1. The quantitative estimate of drug-likeness (QED) is 0.564. The van der Waals surface area contributed by atoms with Crippen LogP contribution in [0.5, 0.6) is 0 Å². The van der Waals surface area contributed by atoms with Crippen molar-refractivity contribution in [2.75, 3.05) is 0 Å². The minimum absolute atomic E-state index is 0.310. The van der Waals surface area contributed by atoms with Crippen molar-refractivity contribution in [3.05, 3.63) is 34.9 Å². The summed E-state index contributed by atoms with van der Waals surface area (Å²) in [5.74, 6) is -0.310. The average molecular weight is 270 g/mol. The van der Waals surface area contributed by atoms with Crippen molar-refractivity contribution in [3.8, 4) is 0 Å². The average Bonchev–Trinajstić information content (AvgIpc) is 3.10. The molecule has 1 aromatic rings. The molecule has 1 aromatic carbocycles. The van der Waals surface area contributed by atoms with Crippen LogP contribution in [0.3, 0.4) is 0 Å². The molecule has 1 aliphatic rings. The van der Waals surface area contributed by atoms with E-state index in [4.69, 9.17) is 23.8 Å². The lowest BCUT2D eigenvalue weighted by molar-refractivity contribution is 0.0944. The van der Waals surface area contributed by atoms with E-state index in [1.54, 1.807) is 24.3 Å². The molecule has 0 unspecified atom stereocenters. The Kier molecular flexibility index (Phi) is 3.81. The number of hydrazine groups is 1. The number of nitrogens with one attached hydrogen (secondary N) is 3. The van der Waals surface area contributed by atoms with Gasteiger partial charge >= 0.3 is 0 Å². The Hall–Kier alpha value is -1.33. The van der Waals surface area contributed by atoms with Crippen LogP contribution in [0.4, 0.5) is 0 Å². The van der Waals surface area contributed by atoms with Crippen molar-refractivity contribution in [2.45, 2.75) is 18.9 Å². The molecule has 0 bridgehead atoms. The maximum absolute atomic E-state index is 11.7. The van der Waals surface area contributed by atoms with Crippen LogP contribution in [0, 0.1) is 0 Å². The number of halogens is 1. The normalized spacial score (nSPS) is 13.9. The maximum atomic E-state index is 11.7. The van der Waals surface area contributed by atoms with Gasteiger partial charge in [-0.15, -0.1) is 0 Å². The molecule has 0 heterocycles. The standard InChI is InChI=1S/C11H12ClN3OS/c12-9-4-2-1-3-8(9)10(16)14-15-11(17)13-7-5-6-7/h1-4,7H,5-6H2,(H,14,16)(H2,13,15,17). The van der Waals surface area contributed by atoms with Gasteiger partial charge in [0.25, 0.3) is 5.91 Å². The number of amides is 1. The van der Waals surface area contributed by atoms with Crippen LogP contribution in [0.15, 0.2) is 24.3 Å². The fourth-order valence-electron chi connectivity index (χ4n) is 1.28. The molecule has 0 spiro atoms. The molecule has 1 saturated carbocycles. The van der Waals surface area contributed by atoms with Crippen LogP contribution in [0.2, 0.25) is 5.02 Å². The third-order valence-corrected chi connectivity index (χ3v) is 2.87. The molecule has 0 aliphatic heterocycles. The third kappa shape index (κ3) is 3.57. The fraction of sp³-hybridized carbons (Fsp3) is 0.273. The summed E-state index contributed by atoms with van der Waals surface area (Å²) in [6.07, 6.45) is 2.25. The Balaban J connectivity index is 1.84. The van der Waals surface area contributed by atoms with E-state index < -0.39 is 0 Å². The minimum Gasteiger partial charge on any atom is -0.359 e. The second-order valence-electron chi connectivity index (χ2n) is 3.81. The molecule has 0 atom stereocenters. The Morgan fingerprint density at radius 1 is 1.29 bits per heavy atom. The summed E-state index contributed by atoms with van der Waals surface area (Å²) in [4.78, 5) is 11.7. The zero-order chi connectivity index (χ0) is 12.3. The highest BCUT2D eigenvalue weighted by atomic mass is 35.5. The van der Waals surface area contributed by atoms with Crippen LogP contribution in [-0.2, 0) is 0 Å². The summed E-state index contributed by atoms with van der Waals surface area (Å²) in [5.41, 5.74) is 5.55. The Morgan fingerprint density at radius 3 is 2.65 bits per heavy atom. The molecule has 1 aliphatic carbocycles. The van der Waals surface area contributed by atoms with Gasteiger partial charge in [-0.3, -0.25) is 15.6 Å². The van der Waals surface area contributed by atoms with Gasteiger partial charge in [-0.2, -0.15) is 0 Å². The van der Waals surface area contributed by atoms with Crippen molar-refractivity contribution in [1.29, 1.82) is 0 Å². The summed E-state index contributed by atoms with van der Waals surface area (Å²) in [6, 6.07) is 7.29. The summed E-state index contributed by atoms with van der Waals surface area (Å²) in [5, 5.41) is 3.88. The van der Waals surface area contributed by atoms with E-state index in [-0.39, 0.29) is 5.91 Å². The largest absolute Gasteiger partial charge is 0.359 e. The molecule has 4 nitrogen and oxygen atoms in total. The molecule has 1 fully saturated rings. The zero-order valence-corrected chi connectivity index (χ0v) is 10.6. The van der Waals surface area contributed by atoms with Gasteiger partial charge in [-0.05, 0) is 37.2 Å². The highest BCUT2D eigenvalue weighted by Gasteiger charge is 2.21. The van der Waals surface area contributed by atoms with Gasteiger partial charge in [-0.1, -0.05) is 23.7 Å². The first-order valence-electron chi connectivity index (χ1n) is 5.28. The van der Waals surface area contributed by atoms with Crippen molar-refractivity contribution in [3.63, 3.8) is 0 Å². The molecule has 0 radical (unpaired) electrons. The number of carbonyl (C=O) groups excluding carboxylic acids is 1. The predicted molar refractivity (Wildman–Crippen MR) is 70.8 cm³/mol. The Bertz CT molecular complexity index is 448. The lowest BCUT2D eigenvalue weighted by atomic mass is 10.2. The minimum atomic E-state index is -0.310. The first-order chi connectivity index (χ1) is 8.16. The molecule has 90 valence electrons. The van der Waals surface area contributed by atoms with E-state index in [9.17, 15) is 4.79 Å². The van der Waals surface area contributed by atoms with Gasteiger partial charge in [0.15, 0.2) is 5.11 Å². The van der Waals surface area contributed by atoms with E-state index >= 15 is 0 Å². The maximum Gasteiger partial charge on any atom is 0.271 e. The molecule has 0 aromatic heterocycles. The van der Waals surface area contributed by atoms with Crippen molar-refractivity contribution < 1.29 is 4.79 Å². The summed E-state index contributed by atoms with van der Waals surface area (Å²) in [6.45, 7) is 0. The first-order valence-corrected chi connectivity index (χ1v) is 6.07. The Morgan fingerprint density at radius 2 is 2.00 bits per heavy atom. The van der Waals surface area contributed by atoms with Gasteiger partial charge in [0, 0.05) is 6.04 Å². The van der Waals surface area contributed by atoms with E-state index in [0.717, 1.165) is 12.8 Å². The highest BCUT2D eigenvalue weighted by Crippen LogP contribution is 2.18. The number of rotatable bonds is 2. The molecule has 17 heavy (non-hydrogen) atoms. The van der Waals surface area contributed by atoms with Crippen molar-refractivity contribution in [2.24, 2.45) is 0 Å². The summed E-state index contributed by atoms with van der Waals surface area (Å²) >= 11 is 10.9. The zero-order valence-electron chi connectivity index (χ0n) is 9.00. The number of thiocarbonyl (C=S) groups is 1. The van der Waals surface area contributed by atoms with E-state index in [2.05, 4.69) is 16.2 Å². The van der Waals surface area contributed by atoms with Crippen LogP contribution >= 0.6 is 23.8 Å². The fourth-order valence-corrected chi connectivity index (χ4v) is 1.71. The van der Waals surface area contributed by atoms with Gasteiger partial charge in [-0.25, -0.2) is 0 Å². The van der Waals surface area contributed by atoms with Crippen LogP contribution < -0.4 is 16.2 Å². The lowest BCUT2D eigenvalue weighted by Crippen LogP contribution is -2.47. The van der Waals surface area contributed by atoms with Gasteiger partial charge < -0.3 is 5.32 Å². The van der Waals surface area contributed by atoms with Crippen LogP contribution in [-0.4, -0.2) is 17.1 Å². The monoisotopic (exact) mass is 269 g/mol. The smallest absolute Gasteiger partial charge is 0.271 e. The molecule has 2 rings (SSSR count). The number of carbonyl (C=O) groups is 1. The molecule has 6 heteroatoms. The van der Waals surface area contributed by atoms with E-state index in [0.29, 0.717) is 21.7 Å².